The van der Waals surface area contributed by atoms with E-state index in [1.54, 1.807) is 29.2 Å². The quantitative estimate of drug-likeness (QED) is 0.608. The first-order valence-electron chi connectivity index (χ1n) is 11.0. The molecule has 0 bridgehead atoms. The Hall–Kier alpha value is -3.67. The molecule has 0 atom stereocenters. The number of rotatable bonds is 6. The highest BCUT2D eigenvalue weighted by Crippen LogP contribution is 2.38. The minimum absolute atomic E-state index is 0.120. The second-order valence-corrected chi connectivity index (χ2v) is 8.48. The van der Waals surface area contributed by atoms with Crippen LogP contribution in [0.4, 0.5) is 4.39 Å². The van der Waals surface area contributed by atoms with Gasteiger partial charge in [0.1, 0.15) is 11.6 Å². The van der Waals surface area contributed by atoms with Crippen LogP contribution in [0.25, 0.3) is 11.1 Å². The van der Waals surface area contributed by atoms with Gasteiger partial charge in [0.2, 0.25) is 5.91 Å². The van der Waals surface area contributed by atoms with Crippen LogP contribution in [0.1, 0.15) is 28.8 Å². The SMILES string of the molecule is COc1ccccc1C(=O)N1CCC(Cc2ccccc2-c2cccc(F)c2)(C(N)=O)CC1. The maximum absolute atomic E-state index is 13.8. The van der Waals surface area contributed by atoms with Crippen LogP contribution in [-0.2, 0) is 11.2 Å². The summed E-state index contributed by atoms with van der Waals surface area (Å²) >= 11 is 0. The number of methoxy groups -OCH3 is 1. The van der Waals surface area contributed by atoms with Crippen molar-refractivity contribution in [3.05, 3.63) is 89.7 Å². The Labute approximate surface area is 193 Å². The molecule has 1 heterocycles. The molecule has 1 aliphatic heterocycles. The summed E-state index contributed by atoms with van der Waals surface area (Å²) in [6.07, 6.45) is 1.35. The molecule has 0 saturated carbocycles. The number of benzene rings is 3. The molecule has 1 aliphatic rings. The van der Waals surface area contributed by atoms with E-state index >= 15 is 0 Å². The third kappa shape index (κ3) is 4.60. The highest BCUT2D eigenvalue weighted by molar-refractivity contribution is 5.97. The van der Waals surface area contributed by atoms with Crippen LogP contribution in [0.15, 0.2) is 72.8 Å². The number of ether oxygens (including phenoxy) is 1. The van der Waals surface area contributed by atoms with Gasteiger partial charge in [-0.2, -0.15) is 0 Å². The number of nitrogens with zero attached hydrogens (tertiary/aromatic N) is 1. The summed E-state index contributed by atoms with van der Waals surface area (Å²) in [4.78, 5) is 27.5. The van der Waals surface area contributed by atoms with E-state index in [1.165, 1.54) is 19.2 Å². The van der Waals surface area contributed by atoms with E-state index < -0.39 is 5.41 Å². The molecule has 1 saturated heterocycles. The van der Waals surface area contributed by atoms with E-state index in [4.69, 9.17) is 10.5 Å². The van der Waals surface area contributed by atoms with Crippen LogP contribution in [0, 0.1) is 11.2 Å². The molecular weight excluding hydrogens is 419 g/mol. The molecule has 3 aromatic rings. The average molecular weight is 447 g/mol. The van der Waals surface area contributed by atoms with Crippen LogP contribution in [0.2, 0.25) is 0 Å². The van der Waals surface area contributed by atoms with Crippen LogP contribution in [-0.4, -0.2) is 36.9 Å². The van der Waals surface area contributed by atoms with E-state index in [0.717, 1.165) is 16.7 Å². The fraction of sp³-hybridized carbons (Fsp3) is 0.259. The largest absolute Gasteiger partial charge is 0.496 e. The van der Waals surface area contributed by atoms with Crippen molar-refractivity contribution >= 4 is 11.8 Å². The summed E-state index contributed by atoms with van der Waals surface area (Å²) < 4.78 is 19.2. The zero-order chi connectivity index (χ0) is 23.4. The Morgan fingerprint density at radius 1 is 1.00 bits per heavy atom. The predicted octanol–water partition coefficient (Wildman–Crippen LogP) is 4.45. The number of para-hydroxylation sites is 1. The highest BCUT2D eigenvalue weighted by atomic mass is 19.1. The number of likely N-dealkylation sites (tertiary alicyclic amines) is 1. The molecule has 2 N–H and O–H groups in total. The number of amides is 2. The lowest BCUT2D eigenvalue weighted by molar-refractivity contribution is -0.130. The maximum atomic E-state index is 13.8. The van der Waals surface area contributed by atoms with Gasteiger partial charge in [-0.05, 0) is 60.2 Å². The lowest BCUT2D eigenvalue weighted by Gasteiger charge is -2.40. The zero-order valence-electron chi connectivity index (χ0n) is 18.6. The zero-order valence-corrected chi connectivity index (χ0v) is 18.6. The molecule has 4 rings (SSSR count). The lowest BCUT2D eigenvalue weighted by atomic mass is 9.72. The van der Waals surface area contributed by atoms with E-state index in [1.807, 2.05) is 36.4 Å². The van der Waals surface area contributed by atoms with Crippen molar-refractivity contribution in [2.24, 2.45) is 11.1 Å². The number of nitrogens with two attached hydrogens (primary N) is 1. The Morgan fingerprint density at radius 2 is 1.70 bits per heavy atom. The fourth-order valence-electron chi connectivity index (χ4n) is 4.62. The van der Waals surface area contributed by atoms with Crippen LogP contribution in [0.3, 0.4) is 0 Å². The molecule has 0 aromatic heterocycles. The summed E-state index contributed by atoms with van der Waals surface area (Å²) in [6, 6.07) is 21.2. The van der Waals surface area contributed by atoms with Crippen molar-refractivity contribution < 1.29 is 18.7 Å². The molecule has 0 spiro atoms. The number of halogens is 1. The van der Waals surface area contributed by atoms with E-state index in [-0.39, 0.29) is 17.6 Å². The van der Waals surface area contributed by atoms with Crippen molar-refractivity contribution in [1.82, 2.24) is 4.90 Å². The average Bonchev–Trinajstić information content (AvgIpc) is 2.84. The summed E-state index contributed by atoms with van der Waals surface area (Å²) in [6.45, 7) is 0.837. The van der Waals surface area contributed by atoms with Gasteiger partial charge in [-0.3, -0.25) is 9.59 Å². The van der Waals surface area contributed by atoms with Gasteiger partial charge in [-0.25, -0.2) is 4.39 Å². The Morgan fingerprint density at radius 3 is 2.39 bits per heavy atom. The summed E-state index contributed by atoms with van der Waals surface area (Å²) in [5.41, 5.74) is 8.22. The van der Waals surface area contributed by atoms with Crippen LogP contribution in [0.5, 0.6) is 5.75 Å². The third-order valence-electron chi connectivity index (χ3n) is 6.55. The number of piperidine rings is 1. The van der Waals surface area contributed by atoms with Gasteiger partial charge in [-0.15, -0.1) is 0 Å². The molecule has 0 unspecified atom stereocenters. The number of hydrogen-bond donors (Lipinski definition) is 1. The van der Waals surface area contributed by atoms with Crippen molar-refractivity contribution in [3.8, 4) is 16.9 Å². The van der Waals surface area contributed by atoms with Crippen molar-refractivity contribution in [3.63, 3.8) is 0 Å². The summed E-state index contributed by atoms with van der Waals surface area (Å²) in [5.74, 6) is -0.278. The Bertz CT molecular complexity index is 1170. The molecule has 6 heteroatoms. The van der Waals surface area contributed by atoms with Crippen molar-refractivity contribution in [2.75, 3.05) is 20.2 Å². The standard InChI is InChI=1S/C27H27FN2O3/c1-33-24-12-5-4-11-23(24)25(31)30-15-13-27(14-16-30,26(29)32)18-20-7-2-3-10-22(20)19-8-6-9-21(28)17-19/h2-12,17H,13-16,18H2,1H3,(H2,29,32). The third-order valence-corrected chi connectivity index (χ3v) is 6.55. The predicted molar refractivity (Wildman–Crippen MR) is 125 cm³/mol. The van der Waals surface area contributed by atoms with Crippen molar-refractivity contribution in [2.45, 2.75) is 19.3 Å². The smallest absolute Gasteiger partial charge is 0.257 e. The molecule has 33 heavy (non-hydrogen) atoms. The highest BCUT2D eigenvalue weighted by Gasteiger charge is 2.41. The summed E-state index contributed by atoms with van der Waals surface area (Å²) in [5, 5.41) is 0. The first-order chi connectivity index (χ1) is 15.9. The molecule has 1 fully saturated rings. The van der Waals surface area contributed by atoms with Gasteiger partial charge in [0.05, 0.1) is 18.1 Å². The van der Waals surface area contributed by atoms with Gasteiger partial charge >= 0.3 is 0 Å². The maximum Gasteiger partial charge on any atom is 0.257 e. The van der Waals surface area contributed by atoms with E-state index in [0.29, 0.717) is 43.7 Å². The van der Waals surface area contributed by atoms with E-state index in [2.05, 4.69) is 0 Å². The minimum atomic E-state index is -0.777. The molecule has 3 aromatic carbocycles. The number of carbonyl (C=O) groups is 2. The number of carbonyl (C=O) groups excluding carboxylic acids is 2. The second-order valence-electron chi connectivity index (χ2n) is 8.48. The molecule has 5 nitrogen and oxygen atoms in total. The van der Waals surface area contributed by atoms with Gasteiger partial charge in [0.15, 0.2) is 0 Å². The van der Waals surface area contributed by atoms with Gasteiger partial charge in [0.25, 0.3) is 5.91 Å². The first kappa shape index (κ1) is 22.5. The Kier molecular flexibility index (Phi) is 6.45. The van der Waals surface area contributed by atoms with Gasteiger partial charge < -0.3 is 15.4 Å². The van der Waals surface area contributed by atoms with Crippen LogP contribution >= 0.6 is 0 Å². The Balaban J connectivity index is 1.56. The topological polar surface area (TPSA) is 72.6 Å². The lowest BCUT2D eigenvalue weighted by Crippen LogP contribution is -2.50. The number of primary amides is 1. The number of hydrogen-bond acceptors (Lipinski definition) is 3. The first-order valence-corrected chi connectivity index (χ1v) is 11.0. The molecule has 2 amide bonds. The van der Waals surface area contributed by atoms with Crippen LogP contribution < -0.4 is 10.5 Å². The monoisotopic (exact) mass is 446 g/mol. The molecule has 0 aliphatic carbocycles. The molecule has 170 valence electrons. The molecular formula is C27H27FN2O3. The fourth-order valence-corrected chi connectivity index (χ4v) is 4.62. The normalized spacial score (nSPS) is 15.2. The summed E-state index contributed by atoms with van der Waals surface area (Å²) in [7, 11) is 1.54. The van der Waals surface area contributed by atoms with Gasteiger partial charge in [-0.1, -0.05) is 48.5 Å². The van der Waals surface area contributed by atoms with E-state index in [9.17, 15) is 14.0 Å². The van der Waals surface area contributed by atoms with Crippen molar-refractivity contribution in [1.29, 1.82) is 0 Å². The second kappa shape index (κ2) is 9.45. The molecule has 0 radical (unpaired) electrons. The van der Waals surface area contributed by atoms with Gasteiger partial charge in [0, 0.05) is 13.1 Å². The minimum Gasteiger partial charge on any atom is -0.496 e.